The van der Waals surface area contributed by atoms with E-state index in [2.05, 4.69) is 4.98 Å². The van der Waals surface area contributed by atoms with Crippen molar-refractivity contribution in [3.8, 4) is 16.9 Å². The van der Waals surface area contributed by atoms with Gasteiger partial charge in [-0.05, 0) is 60.7 Å². The van der Waals surface area contributed by atoms with Gasteiger partial charge in [0.25, 0.3) is 0 Å². The summed E-state index contributed by atoms with van der Waals surface area (Å²) in [4.78, 5) is 20.3. The van der Waals surface area contributed by atoms with Gasteiger partial charge in [0.1, 0.15) is 5.82 Å². The van der Waals surface area contributed by atoms with Crippen molar-refractivity contribution >= 4 is 11.9 Å². The molecule has 12 heteroatoms. The summed E-state index contributed by atoms with van der Waals surface area (Å²) in [6.45, 7) is 2.48. The maximum absolute atomic E-state index is 13.2. The number of halogens is 6. The Morgan fingerprint density at radius 2 is 1.60 bits per heavy atom. The number of aromatic nitrogens is 1. The highest BCUT2D eigenvalue weighted by Gasteiger charge is 2.37. The summed E-state index contributed by atoms with van der Waals surface area (Å²) < 4.78 is 85.1. The van der Waals surface area contributed by atoms with Crippen LogP contribution in [0.25, 0.3) is 11.1 Å². The third-order valence-corrected chi connectivity index (χ3v) is 6.65. The minimum absolute atomic E-state index is 0.0343. The first kappa shape index (κ1) is 29.2. The highest BCUT2D eigenvalue weighted by Crippen LogP contribution is 2.37. The van der Waals surface area contributed by atoms with Gasteiger partial charge >= 0.3 is 18.4 Å². The lowest BCUT2D eigenvalue weighted by atomic mass is 10.0. The van der Waals surface area contributed by atoms with E-state index >= 15 is 0 Å². The summed E-state index contributed by atoms with van der Waals surface area (Å²) in [7, 11) is 1.21. The number of benzene rings is 2. The summed E-state index contributed by atoms with van der Waals surface area (Å²) in [6.07, 6.45) is -8.86. The lowest BCUT2D eigenvalue weighted by Gasteiger charge is -2.31. The summed E-state index contributed by atoms with van der Waals surface area (Å²) in [5.41, 5.74) is -1.13. The summed E-state index contributed by atoms with van der Waals surface area (Å²) >= 11 is 0. The highest BCUT2D eigenvalue weighted by molar-refractivity contribution is 5.79. The Labute approximate surface area is 226 Å². The Balaban J connectivity index is 1.61. The number of hydrogen-bond donors (Lipinski definition) is 1. The number of ether oxygens (including phenoxy) is 1. The molecule has 0 atom stereocenters. The Bertz CT molecular complexity index is 1340. The van der Waals surface area contributed by atoms with Crippen molar-refractivity contribution in [2.24, 2.45) is 0 Å². The minimum atomic E-state index is -5.00. The zero-order chi connectivity index (χ0) is 29.2. The van der Waals surface area contributed by atoms with Crippen LogP contribution in [0.15, 0.2) is 54.7 Å². The van der Waals surface area contributed by atoms with Crippen molar-refractivity contribution in [3.05, 3.63) is 77.0 Å². The first-order valence-corrected chi connectivity index (χ1v) is 12.4. The number of aliphatic hydroxyl groups is 1. The Morgan fingerprint density at radius 1 is 1.00 bits per heavy atom. The molecule has 1 aromatic heterocycles. The normalized spacial score (nSPS) is 14.8. The summed E-state index contributed by atoms with van der Waals surface area (Å²) in [5.74, 6) is 0.689. The maximum Gasteiger partial charge on any atom is 0.416 e. The molecule has 40 heavy (non-hydrogen) atoms. The van der Waals surface area contributed by atoms with Gasteiger partial charge in [0, 0.05) is 32.2 Å². The second-order valence-electron chi connectivity index (χ2n) is 9.71. The van der Waals surface area contributed by atoms with Crippen LogP contribution in [0.1, 0.15) is 35.1 Å². The number of hydrogen-bond acceptors (Lipinski definition) is 5. The van der Waals surface area contributed by atoms with E-state index in [-0.39, 0.29) is 23.5 Å². The fourth-order valence-electron chi connectivity index (χ4n) is 4.49. The average Bonchev–Trinajstić information content (AvgIpc) is 2.88. The Kier molecular flexibility index (Phi) is 8.29. The number of aryl methyl sites for hydroxylation is 1. The Hall–Kier alpha value is -3.80. The van der Waals surface area contributed by atoms with Crippen molar-refractivity contribution in [1.29, 1.82) is 0 Å². The van der Waals surface area contributed by atoms with Gasteiger partial charge in [-0.3, -0.25) is 0 Å². The van der Waals surface area contributed by atoms with Gasteiger partial charge in [-0.25, -0.2) is 9.78 Å². The van der Waals surface area contributed by atoms with Gasteiger partial charge in [-0.15, -0.1) is 0 Å². The molecule has 1 N–H and O–H groups in total. The van der Waals surface area contributed by atoms with Crippen LogP contribution in [0.5, 0.6) is 5.75 Å². The quantitative estimate of drug-likeness (QED) is 0.348. The van der Waals surface area contributed by atoms with Gasteiger partial charge in [-0.2, -0.15) is 26.3 Å². The molecule has 2 heterocycles. The number of carbonyl (C=O) groups excluding carboxylic acids is 1. The SMILES string of the molecule is Cc1ccccc1-c1cc(N2CCC(O)CC2)ncc1OC(=O)N(C)Cc1cc(C(F)(F)F)cc(C(F)(F)F)c1. The molecule has 1 aliphatic rings. The lowest BCUT2D eigenvalue weighted by molar-refractivity contribution is -0.143. The third kappa shape index (κ3) is 6.85. The number of carbonyl (C=O) groups is 1. The zero-order valence-electron chi connectivity index (χ0n) is 21.7. The smallest absolute Gasteiger partial charge is 0.408 e. The van der Waals surface area contributed by atoms with Crippen LogP contribution in [0.2, 0.25) is 0 Å². The second-order valence-corrected chi connectivity index (χ2v) is 9.71. The van der Waals surface area contributed by atoms with Crippen LogP contribution < -0.4 is 9.64 Å². The van der Waals surface area contributed by atoms with Crippen LogP contribution in [-0.4, -0.2) is 47.3 Å². The molecule has 1 amide bonds. The molecule has 1 fully saturated rings. The molecule has 0 aliphatic carbocycles. The number of rotatable bonds is 5. The van der Waals surface area contributed by atoms with Crippen molar-refractivity contribution in [1.82, 2.24) is 9.88 Å². The van der Waals surface area contributed by atoms with Gasteiger partial charge in [-0.1, -0.05) is 24.3 Å². The molecule has 0 bridgehead atoms. The predicted octanol–water partition coefficient (Wildman–Crippen LogP) is 6.69. The van der Waals surface area contributed by atoms with E-state index in [0.29, 0.717) is 49.4 Å². The molecule has 214 valence electrons. The van der Waals surface area contributed by atoms with E-state index in [9.17, 15) is 36.2 Å². The largest absolute Gasteiger partial charge is 0.416 e. The van der Waals surface area contributed by atoms with E-state index < -0.39 is 36.1 Å². The number of alkyl halides is 6. The van der Waals surface area contributed by atoms with Crippen molar-refractivity contribution in [3.63, 3.8) is 0 Å². The van der Waals surface area contributed by atoms with Crippen molar-refractivity contribution < 1.29 is 41.0 Å². The number of amides is 1. The first-order chi connectivity index (χ1) is 18.7. The number of piperidine rings is 1. The van der Waals surface area contributed by atoms with E-state index in [1.54, 1.807) is 6.07 Å². The van der Waals surface area contributed by atoms with E-state index in [0.717, 1.165) is 16.0 Å². The molecular weight excluding hydrogens is 540 g/mol. The topological polar surface area (TPSA) is 65.9 Å². The molecule has 3 aromatic rings. The van der Waals surface area contributed by atoms with E-state index in [4.69, 9.17) is 4.74 Å². The number of nitrogens with zero attached hydrogens (tertiary/aromatic N) is 3. The molecule has 0 unspecified atom stereocenters. The lowest BCUT2D eigenvalue weighted by Crippen LogP contribution is -2.36. The highest BCUT2D eigenvalue weighted by atomic mass is 19.4. The molecule has 0 spiro atoms. The van der Waals surface area contributed by atoms with E-state index in [1.807, 2.05) is 36.1 Å². The molecule has 0 saturated carbocycles. The van der Waals surface area contributed by atoms with Crippen LogP contribution in [-0.2, 0) is 18.9 Å². The number of anilines is 1. The Morgan fingerprint density at radius 3 is 2.17 bits per heavy atom. The third-order valence-electron chi connectivity index (χ3n) is 6.65. The van der Waals surface area contributed by atoms with Gasteiger partial charge in [0.05, 0.1) is 23.4 Å². The van der Waals surface area contributed by atoms with E-state index in [1.165, 1.54) is 13.2 Å². The molecule has 0 radical (unpaired) electrons. The van der Waals surface area contributed by atoms with Crippen LogP contribution in [0, 0.1) is 6.92 Å². The standard InChI is InChI=1S/C28H27F6N3O3/c1-17-5-3-4-6-22(17)23-14-25(37-9-7-21(38)8-10-37)35-15-24(23)40-26(39)36(2)16-18-11-19(27(29,30)31)13-20(12-18)28(32,33)34/h3-6,11-15,21,38H,7-10,16H2,1-2H3. The van der Waals surface area contributed by atoms with Crippen LogP contribution in [0.4, 0.5) is 37.0 Å². The van der Waals surface area contributed by atoms with Crippen molar-refractivity contribution in [2.45, 2.75) is 44.8 Å². The average molecular weight is 568 g/mol. The molecule has 4 rings (SSSR count). The van der Waals surface area contributed by atoms with Gasteiger partial charge in [0.15, 0.2) is 5.75 Å². The predicted molar refractivity (Wildman–Crippen MR) is 136 cm³/mol. The van der Waals surface area contributed by atoms with Crippen molar-refractivity contribution in [2.75, 3.05) is 25.0 Å². The number of pyridine rings is 1. The maximum atomic E-state index is 13.2. The molecular formula is C28H27F6N3O3. The minimum Gasteiger partial charge on any atom is -0.408 e. The number of aliphatic hydroxyl groups excluding tert-OH is 1. The summed E-state index contributed by atoms with van der Waals surface area (Å²) in [6, 6.07) is 10.3. The fraction of sp³-hybridized carbons (Fsp3) is 0.357. The molecule has 1 aliphatic heterocycles. The first-order valence-electron chi connectivity index (χ1n) is 12.4. The van der Waals surface area contributed by atoms with Gasteiger partial charge < -0.3 is 19.6 Å². The van der Waals surface area contributed by atoms with Crippen LogP contribution in [0.3, 0.4) is 0 Å². The molecule has 2 aromatic carbocycles. The van der Waals surface area contributed by atoms with Crippen LogP contribution >= 0.6 is 0 Å². The van der Waals surface area contributed by atoms with Gasteiger partial charge in [0.2, 0.25) is 0 Å². The fourth-order valence-corrected chi connectivity index (χ4v) is 4.49. The summed E-state index contributed by atoms with van der Waals surface area (Å²) in [5, 5.41) is 9.83. The monoisotopic (exact) mass is 567 g/mol. The second kappa shape index (κ2) is 11.4. The molecule has 1 saturated heterocycles. The zero-order valence-corrected chi connectivity index (χ0v) is 21.7. The molecule has 6 nitrogen and oxygen atoms in total.